The largest absolute Gasteiger partial charge is 0.507 e. The van der Waals surface area contributed by atoms with Gasteiger partial charge in [0.25, 0.3) is 5.91 Å². The average Bonchev–Trinajstić information content (AvgIpc) is 2.65. The Morgan fingerprint density at radius 3 is 2.35 bits per heavy atom. The zero-order valence-corrected chi connectivity index (χ0v) is 16.0. The second kappa shape index (κ2) is 7.78. The molecule has 1 aliphatic rings. The summed E-state index contributed by atoms with van der Waals surface area (Å²) in [5.74, 6) is -0.242. The molecule has 1 aliphatic heterocycles. The molecule has 0 bridgehead atoms. The molecule has 0 atom stereocenters. The van der Waals surface area contributed by atoms with E-state index in [1.165, 1.54) is 6.07 Å². The number of anilines is 1. The van der Waals surface area contributed by atoms with Crippen molar-refractivity contribution in [3.63, 3.8) is 0 Å². The predicted octanol–water partition coefficient (Wildman–Crippen LogP) is 3.45. The van der Waals surface area contributed by atoms with E-state index in [0.717, 1.165) is 15.7 Å². The number of halogens is 1. The minimum atomic E-state index is -0.217. The molecule has 1 heterocycles. The van der Waals surface area contributed by atoms with Gasteiger partial charge >= 0.3 is 6.03 Å². The maximum atomic E-state index is 12.5. The van der Waals surface area contributed by atoms with Gasteiger partial charge in [0.05, 0.1) is 5.56 Å². The van der Waals surface area contributed by atoms with Crippen LogP contribution in [0.5, 0.6) is 5.75 Å². The monoisotopic (exact) mass is 417 g/mol. The second-order valence-electron chi connectivity index (χ2n) is 6.19. The quantitative estimate of drug-likeness (QED) is 0.785. The van der Waals surface area contributed by atoms with Gasteiger partial charge in [0, 0.05) is 36.3 Å². The lowest BCUT2D eigenvalue weighted by molar-refractivity contribution is 0.0668. The molecule has 0 saturated carbocycles. The third-order valence-electron chi connectivity index (χ3n) is 4.41. The number of piperazine rings is 1. The van der Waals surface area contributed by atoms with Gasteiger partial charge in [-0.15, -0.1) is 0 Å². The van der Waals surface area contributed by atoms with Gasteiger partial charge in [0.1, 0.15) is 5.75 Å². The van der Waals surface area contributed by atoms with Crippen molar-refractivity contribution in [1.29, 1.82) is 0 Å². The third kappa shape index (κ3) is 3.99. The number of nitrogens with one attached hydrogen (secondary N) is 1. The smallest absolute Gasteiger partial charge is 0.321 e. The van der Waals surface area contributed by atoms with Gasteiger partial charge in [-0.25, -0.2) is 4.79 Å². The molecule has 1 saturated heterocycles. The number of carbonyl (C=O) groups excluding carboxylic acids is 2. The zero-order chi connectivity index (χ0) is 18.7. The number of para-hydroxylation sites is 1. The highest BCUT2D eigenvalue weighted by atomic mass is 79.9. The first-order valence-electron chi connectivity index (χ1n) is 8.35. The fraction of sp³-hybridized carbons (Fsp3) is 0.263. The molecule has 0 spiro atoms. The molecular formula is C19H20BrN3O3. The summed E-state index contributed by atoms with van der Waals surface area (Å²) in [4.78, 5) is 28.3. The van der Waals surface area contributed by atoms with Crippen molar-refractivity contribution in [3.05, 3.63) is 58.1 Å². The Morgan fingerprint density at radius 1 is 1.04 bits per heavy atom. The number of nitrogens with zero attached hydrogens (tertiary/aromatic N) is 2. The van der Waals surface area contributed by atoms with Crippen LogP contribution >= 0.6 is 15.9 Å². The number of benzene rings is 2. The first-order valence-corrected chi connectivity index (χ1v) is 9.14. The number of carbonyl (C=O) groups is 2. The number of hydrogen-bond acceptors (Lipinski definition) is 3. The van der Waals surface area contributed by atoms with Crippen LogP contribution in [-0.2, 0) is 0 Å². The lowest BCUT2D eigenvalue weighted by atomic mass is 10.1. The number of phenolic OH excluding ortho intramolecular Hbond substituents is 1. The molecule has 0 aliphatic carbocycles. The van der Waals surface area contributed by atoms with Gasteiger partial charge in [-0.05, 0) is 36.8 Å². The molecule has 7 heteroatoms. The van der Waals surface area contributed by atoms with Crippen molar-refractivity contribution >= 4 is 33.6 Å². The molecule has 0 unspecified atom stereocenters. The number of hydrogen-bond donors (Lipinski definition) is 2. The Hall–Kier alpha value is -2.54. The normalized spacial score (nSPS) is 14.2. The summed E-state index contributed by atoms with van der Waals surface area (Å²) in [5, 5.41) is 12.7. The van der Waals surface area contributed by atoms with Crippen molar-refractivity contribution in [2.75, 3.05) is 31.5 Å². The number of rotatable bonds is 2. The molecule has 3 amide bonds. The van der Waals surface area contributed by atoms with Crippen molar-refractivity contribution in [1.82, 2.24) is 9.80 Å². The van der Waals surface area contributed by atoms with Crippen molar-refractivity contribution < 1.29 is 14.7 Å². The minimum Gasteiger partial charge on any atom is -0.507 e. The fourth-order valence-electron chi connectivity index (χ4n) is 2.81. The summed E-state index contributed by atoms with van der Waals surface area (Å²) in [6.07, 6.45) is 0. The number of aromatic hydroxyl groups is 1. The zero-order valence-electron chi connectivity index (χ0n) is 14.4. The van der Waals surface area contributed by atoms with Gasteiger partial charge in [0.2, 0.25) is 0 Å². The molecule has 136 valence electrons. The summed E-state index contributed by atoms with van der Waals surface area (Å²) >= 11 is 3.45. The predicted molar refractivity (Wildman–Crippen MR) is 103 cm³/mol. The van der Waals surface area contributed by atoms with E-state index >= 15 is 0 Å². The molecule has 2 N–H and O–H groups in total. The van der Waals surface area contributed by atoms with E-state index in [1.54, 1.807) is 28.0 Å². The van der Waals surface area contributed by atoms with Gasteiger partial charge in [-0.2, -0.15) is 0 Å². The summed E-state index contributed by atoms with van der Waals surface area (Å²) in [7, 11) is 0. The molecule has 26 heavy (non-hydrogen) atoms. The van der Waals surface area contributed by atoms with Crippen LogP contribution in [-0.4, -0.2) is 53.0 Å². The first kappa shape index (κ1) is 18.3. The number of amides is 3. The summed E-state index contributed by atoms with van der Waals surface area (Å²) < 4.78 is 0.938. The van der Waals surface area contributed by atoms with E-state index in [9.17, 15) is 14.7 Å². The van der Waals surface area contributed by atoms with Gasteiger partial charge in [-0.1, -0.05) is 34.1 Å². The van der Waals surface area contributed by atoms with E-state index in [-0.39, 0.29) is 23.3 Å². The highest BCUT2D eigenvalue weighted by Gasteiger charge is 2.26. The molecule has 1 fully saturated rings. The average molecular weight is 418 g/mol. The molecular weight excluding hydrogens is 398 g/mol. The maximum Gasteiger partial charge on any atom is 0.321 e. The third-order valence-corrected chi connectivity index (χ3v) is 5.27. The fourth-order valence-corrected chi connectivity index (χ4v) is 3.19. The molecule has 2 aromatic carbocycles. The topological polar surface area (TPSA) is 72.9 Å². The van der Waals surface area contributed by atoms with Crippen LogP contribution in [0.25, 0.3) is 0 Å². The summed E-state index contributed by atoms with van der Waals surface area (Å²) in [6, 6.07) is 12.0. The molecule has 6 nitrogen and oxygen atoms in total. The van der Waals surface area contributed by atoms with Crippen LogP contribution in [0, 0.1) is 6.92 Å². The Labute approximate surface area is 160 Å². The van der Waals surface area contributed by atoms with Crippen LogP contribution in [0.1, 0.15) is 15.9 Å². The van der Waals surface area contributed by atoms with Crippen LogP contribution in [0.2, 0.25) is 0 Å². The molecule has 0 radical (unpaired) electrons. The first-order chi connectivity index (χ1) is 12.5. The highest BCUT2D eigenvalue weighted by molar-refractivity contribution is 9.10. The molecule has 2 aromatic rings. The number of aryl methyl sites for hydroxylation is 1. The molecule has 3 rings (SSSR count). The standard InChI is InChI=1S/C19H20BrN3O3/c1-13-6-7-14(12-16(13)20)21-19(26)23-10-8-22(9-11-23)18(25)15-4-2-3-5-17(15)24/h2-7,12,24H,8-11H2,1H3,(H,21,26). The van der Waals surface area contributed by atoms with E-state index in [2.05, 4.69) is 21.2 Å². The van der Waals surface area contributed by atoms with Crippen LogP contribution in [0.15, 0.2) is 46.9 Å². The van der Waals surface area contributed by atoms with E-state index in [1.807, 2.05) is 25.1 Å². The number of phenols is 1. The number of urea groups is 1. The van der Waals surface area contributed by atoms with E-state index in [0.29, 0.717) is 26.2 Å². The van der Waals surface area contributed by atoms with E-state index in [4.69, 9.17) is 0 Å². The van der Waals surface area contributed by atoms with Crippen LogP contribution in [0.3, 0.4) is 0 Å². The Kier molecular flexibility index (Phi) is 5.46. The Morgan fingerprint density at radius 2 is 1.69 bits per heavy atom. The van der Waals surface area contributed by atoms with Gasteiger partial charge in [-0.3, -0.25) is 4.79 Å². The van der Waals surface area contributed by atoms with Crippen molar-refractivity contribution in [2.24, 2.45) is 0 Å². The highest BCUT2D eigenvalue weighted by Crippen LogP contribution is 2.22. The van der Waals surface area contributed by atoms with Crippen LogP contribution < -0.4 is 5.32 Å². The summed E-state index contributed by atoms with van der Waals surface area (Å²) in [6.45, 7) is 3.73. The van der Waals surface area contributed by atoms with E-state index < -0.39 is 0 Å². The Balaban J connectivity index is 1.57. The Bertz CT molecular complexity index is 833. The summed E-state index contributed by atoms with van der Waals surface area (Å²) in [5.41, 5.74) is 2.11. The van der Waals surface area contributed by atoms with Crippen molar-refractivity contribution in [2.45, 2.75) is 6.92 Å². The van der Waals surface area contributed by atoms with Gasteiger partial charge < -0.3 is 20.2 Å². The minimum absolute atomic E-state index is 0.0254. The van der Waals surface area contributed by atoms with Gasteiger partial charge in [0.15, 0.2) is 0 Å². The molecule has 0 aromatic heterocycles. The SMILES string of the molecule is Cc1ccc(NC(=O)N2CCN(C(=O)c3ccccc3O)CC2)cc1Br. The maximum absolute atomic E-state index is 12.5. The second-order valence-corrected chi connectivity index (χ2v) is 7.04. The lowest BCUT2D eigenvalue weighted by Gasteiger charge is -2.34. The van der Waals surface area contributed by atoms with Crippen molar-refractivity contribution in [3.8, 4) is 5.75 Å². The van der Waals surface area contributed by atoms with Crippen LogP contribution in [0.4, 0.5) is 10.5 Å². The lowest BCUT2D eigenvalue weighted by Crippen LogP contribution is -2.51.